The first-order chi connectivity index (χ1) is 17.5. The third-order valence-corrected chi connectivity index (χ3v) is 5.17. The molecule has 0 aliphatic rings. The molecule has 3 aromatic rings. The Kier molecular flexibility index (Phi) is 8.29. The van der Waals surface area contributed by atoms with Gasteiger partial charge in [0.15, 0.2) is 0 Å². The van der Waals surface area contributed by atoms with Crippen molar-refractivity contribution < 1.29 is 28.7 Å². The number of allylic oxidation sites excluding steroid dienone is 1. The third kappa shape index (κ3) is 7.41. The lowest BCUT2D eigenvalue weighted by Crippen LogP contribution is -2.44. The molecule has 0 atom stereocenters. The van der Waals surface area contributed by atoms with Crippen LogP contribution in [0.2, 0.25) is 0 Å². The quantitative estimate of drug-likeness (QED) is 0.260. The second kappa shape index (κ2) is 11.4. The van der Waals surface area contributed by atoms with Crippen molar-refractivity contribution in [2.75, 3.05) is 12.4 Å². The minimum Gasteiger partial charge on any atom is -0.465 e. The summed E-state index contributed by atoms with van der Waals surface area (Å²) in [7, 11) is 1.21. The van der Waals surface area contributed by atoms with Crippen LogP contribution in [0.1, 0.15) is 54.0 Å². The van der Waals surface area contributed by atoms with E-state index in [1.54, 1.807) is 27.7 Å². The average molecular weight is 504 g/mol. The topological polar surface area (TPSA) is 123 Å². The van der Waals surface area contributed by atoms with Gasteiger partial charge in [0.2, 0.25) is 5.91 Å². The fourth-order valence-corrected chi connectivity index (χ4v) is 3.44. The van der Waals surface area contributed by atoms with Crippen LogP contribution in [0, 0.1) is 0 Å². The number of hydrazine groups is 1. The molecule has 3 N–H and O–H groups in total. The van der Waals surface area contributed by atoms with Crippen LogP contribution in [0.3, 0.4) is 0 Å². The van der Waals surface area contributed by atoms with Gasteiger partial charge in [-0.05, 0) is 73.9 Å². The molecule has 0 heterocycles. The first-order valence-corrected chi connectivity index (χ1v) is 11.5. The number of anilines is 1. The zero-order chi connectivity index (χ0) is 27.2. The van der Waals surface area contributed by atoms with Gasteiger partial charge in [0.1, 0.15) is 5.60 Å². The Morgan fingerprint density at radius 3 is 2.19 bits per heavy atom. The lowest BCUT2D eigenvalue weighted by Gasteiger charge is -2.19. The number of amides is 3. The lowest BCUT2D eigenvalue weighted by molar-refractivity contribution is -0.111. The van der Waals surface area contributed by atoms with E-state index in [-0.39, 0.29) is 16.8 Å². The van der Waals surface area contributed by atoms with E-state index in [4.69, 9.17) is 9.47 Å². The second-order valence-electron chi connectivity index (χ2n) is 9.21. The van der Waals surface area contributed by atoms with Crippen molar-refractivity contribution in [1.82, 2.24) is 10.9 Å². The van der Waals surface area contributed by atoms with E-state index < -0.39 is 29.5 Å². The molecule has 0 saturated carbocycles. The molecule has 192 valence electrons. The summed E-state index contributed by atoms with van der Waals surface area (Å²) in [5.41, 5.74) is 5.42. The van der Waals surface area contributed by atoms with E-state index in [0.29, 0.717) is 5.57 Å². The summed E-state index contributed by atoms with van der Waals surface area (Å²) >= 11 is 0. The molecule has 9 heteroatoms. The minimum absolute atomic E-state index is 0.0595. The number of fused-ring (bicyclic) bond motifs is 1. The molecule has 0 saturated heterocycles. The van der Waals surface area contributed by atoms with Gasteiger partial charge in [-0.25, -0.2) is 15.0 Å². The summed E-state index contributed by atoms with van der Waals surface area (Å²) in [5.74, 6) is -1.87. The fraction of sp³-hybridized carbons (Fsp3) is 0.214. The van der Waals surface area contributed by atoms with Gasteiger partial charge in [0, 0.05) is 11.6 Å². The number of nitrogens with one attached hydrogen (secondary N) is 3. The highest BCUT2D eigenvalue weighted by atomic mass is 16.6. The van der Waals surface area contributed by atoms with Crippen LogP contribution < -0.4 is 16.2 Å². The zero-order valence-electron chi connectivity index (χ0n) is 21.3. The van der Waals surface area contributed by atoms with Gasteiger partial charge in [-0.2, -0.15) is 0 Å². The summed E-state index contributed by atoms with van der Waals surface area (Å²) < 4.78 is 9.87. The van der Waals surface area contributed by atoms with E-state index in [9.17, 15) is 19.2 Å². The van der Waals surface area contributed by atoms with E-state index in [2.05, 4.69) is 16.2 Å². The number of methoxy groups -OCH3 is 1. The molecule has 0 bridgehead atoms. The molecule has 0 aliphatic carbocycles. The maximum absolute atomic E-state index is 12.8. The van der Waals surface area contributed by atoms with Crippen molar-refractivity contribution in [3.05, 3.63) is 83.4 Å². The van der Waals surface area contributed by atoms with Gasteiger partial charge in [-0.15, -0.1) is 0 Å². The highest BCUT2D eigenvalue weighted by Gasteiger charge is 2.19. The van der Waals surface area contributed by atoms with Crippen molar-refractivity contribution in [1.29, 1.82) is 0 Å². The zero-order valence-corrected chi connectivity index (χ0v) is 21.3. The SMILES string of the molecule is COC(=O)c1ccc(C(=O)NNC(=O)OC(C)(C)C)cc1NC(=O)C=C(C)c1ccc2ccccc2c1. The Hall–Kier alpha value is -4.66. The molecular weight excluding hydrogens is 474 g/mol. The molecule has 3 rings (SSSR count). The molecule has 0 aromatic heterocycles. The van der Waals surface area contributed by atoms with Crippen LogP contribution >= 0.6 is 0 Å². The molecule has 3 aromatic carbocycles. The average Bonchev–Trinajstić information content (AvgIpc) is 2.85. The monoisotopic (exact) mass is 503 g/mol. The van der Waals surface area contributed by atoms with Gasteiger partial charge in [-0.3, -0.25) is 15.0 Å². The van der Waals surface area contributed by atoms with Crippen LogP contribution in [-0.2, 0) is 14.3 Å². The lowest BCUT2D eigenvalue weighted by atomic mass is 10.0. The Balaban J connectivity index is 1.79. The summed E-state index contributed by atoms with van der Waals surface area (Å²) in [5, 5.41) is 4.77. The number of hydrogen-bond donors (Lipinski definition) is 3. The Bertz CT molecular complexity index is 1390. The Labute approximate surface area is 214 Å². The summed E-state index contributed by atoms with van der Waals surface area (Å²) in [4.78, 5) is 49.4. The maximum Gasteiger partial charge on any atom is 0.426 e. The van der Waals surface area contributed by atoms with Crippen LogP contribution in [-0.4, -0.2) is 36.6 Å². The van der Waals surface area contributed by atoms with Crippen molar-refractivity contribution in [2.45, 2.75) is 33.3 Å². The Morgan fingerprint density at radius 2 is 1.51 bits per heavy atom. The first kappa shape index (κ1) is 26.9. The number of carbonyl (C=O) groups is 4. The van der Waals surface area contributed by atoms with Gasteiger partial charge >= 0.3 is 12.1 Å². The smallest absolute Gasteiger partial charge is 0.426 e. The van der Waals surface area contributed by atoms with Gasteiger partial charge in [0.25, 0.3) is 5.91 Å². The molecular formula is C28H29N3O6. The highest BCUT2D eigenvalue weighted by molar-refractivity contribution is 6.09. The normalized spacial score (nSPS) is 11.4. The molecule has 0 aliphatic heterocycles. The van der Waals surface area contributed by atoms with Crippen LogP contribution in [0.25, 0.3) is 16.3 Å². The van der Waals surface area contributed by atoms with Crippen molar-refractivity contribution >= 4 is 45.9 Å². The minimum atomic E-state index is -0.838. The van der Waals surface area contributed by atoms with Crippen LogP contribution in [0.15, 0.2) is 66.7 Å². The Morgan fingerprint density at radius 1 is 0.838 bits per heavy atom. The second-order valence-corrected chi connectivity index (χ2v) is 9.21. The van der Waals surface area contributed by atoms with Gasteiger partial charge < -0.3 is 14.8 Å². The van der Waals surface area contributed by atoms with E-state index in [1.165, 1.54) is 31.4 Å². The fourth-order valence-electron chi connectivity index (χ4n) is 3.44. The number of rotatable bonds is 5. The molecule has 0 unspecified atom stereocenters. The van der Waals surface area contributed by atoms with E-state index in [0.717, 1.165) is 16.3 Å². The van der Waals surface area contributed by atoms with E-state index >= 15 is 0 Å². The standard InChI is InChI=1S/C28H29N3O6/c1-17(19-11-10-18-8-6-7-9-20(18)15-19)14-24(32)29-23-16-21(12-13-22(23)26(34)36-5)25(33)30-31-27(35)37-28(2,3)4/h6-16H,1-5H3,(H,29,32)(H,30,33)(H,31,35). The maximum atomic E-state index is 12.8. The third-order valence-electron chi connectivity index (χ3n) is 5.17. The largest absolute Gasteiger partial charge is 0.465 e. The van der Waals surface area contributed by atoms with Crippen molar-refractivity contribution in [3.63, 3.8) is 0 Å². The highest BCUT2D eigenvalue weighted by Crippen LogP contribution is 2.23. The number of ether oxygens (including phenoxy) is 2. The first-order valence-electron chi connectivity index (χ1n) is 11.5. The number of esters is 1. The molecule has 9 nitrogen and oxygen atoms in total. The van der Waals surface area contributed by atoms with Gasteiger partial charge in [0.05, 0.1) is 18.4 Å². The molecule has 37 heavy (non-hydrogen) atoms. The number of hydrogen-bond acceptors (Lipinski definition) is 6. The number of carbonyl (C=O) groups excluding carboxylic acids is 4. The van der Waals surface area contributed by atoms with Crippen molar-refractivity contribution in [2.24, 2.45) is 0 Å². The van der Waals surface area contributed by atoms with Crippen molar-refractivity contribution in [3.8, 4) is 0 Å². The van der Waals surface area contributed by atoms with Gasteiger partial charge in [-0.1, -0.05) is 36.4 Å². The van der Waals surface area contributed by atoms with E-state index in [1.807, 2.05) is 42.5 Å². The summed E-state index contributed by atoms with van der Waals surface area (Å²) in [6.07, 6.45) is 0.567. The molecule has 3 amide bonds. The van der Waals surface area contributed by atoms with Crippen LogP contribution in [0.4, 0.5) is 10.5 Å². The summed E-state index contributed by atoms with van der Waals surface area (Å²) in [6, 6.07) is 17.8. The van der Waals surface area contributed by atoms with Crippen LogP contribution in [0.5, 0.6) is 0 Å². The molecule has 0 fully saturated rings. The molecule has 0 spiro atoms. The molecule has 0 radical (unpaired) electrons. The summed E-state index contributed by atoms with van der Waals surface area (Å²) in [6.45, 7) is 6.86. The predicted octanol–water partition coefficient (Wildman–Crippen LogP) is 4.84. The number of benzene rings is 3. The predicted molar refractivity (Wildman–Crippen MR) is 141 cm³/mol.